The van der Waals surface area contributed by atoms with Gasteiger partial charge in [-0.15, -0.1) is 0 Å². The molecule has 0 bridgehead atoms. The normalized spacial score (nSPS) is 14.5. The number of hydrogen-bond donors (Lipinski definition) is 0. The van der Waals surface area contributed by atoms with Gasteiger partial charge in [0.15, 0.2) is 5.82 Å². The summed E-state index contributed by atoms with van der Waals surface area (Å²) in [6, 6.07) is 16.4. The van der Waals surface area contributed by atoms with Crippen molar-refractivity contribution in [2.75, 3.05) is 6.54 Å². The van der Waals surface area contributed by atoms with Crippen LogP contribution in [0.15, 0.2) is 67.1 Å². The number of aromatic nitrogens is 4. The van der Waals surface area contributed by atoms with Crippen LogP contribution in [-0.2, 0) is 19.5 Å². The van der Waals surface area contributed by atoms with Crippen LogP contribution in [0, 0.1) is 0 Å². The van der Waals surface area contributed by atoms with E-state index in [1.165, 1.54) is 22.3 Å². The number of benzene rings is 1. The first-order valence-corrected chi connectivity index (χ1v) is 8.91. The van der Waals surface area contributed by atoms with Gasteiger partial charge in [-0.2, -0.15) is 5.10 Å². The number of pyridine rings is 1. The minimum absolute atomic E-state index is 0.820. The first kappa shape index (κ1) is 15.2. The second kappa shape index (κ2) is 6.35. The van der Waals surface area contributed by atoms with Gasteiger partial charge < -0.3 is 0 Å². The van der Waals surface area contributed by atoms with Crippen LogP contribution in [0.3, 0.4) is 0 Å². The van der Waals surface area contributed by atoms with Crippen LogP contribution in [-0.4, -0.2) is 31.0 Å². The molecule has 5 heteroatoms. The summed E-state index contributed by atoms with van der Waals surface area (Å²) in [4.78, 5) is 11.8. The summed E-state index contributed by atoms with van der Waals surface area (Å²) in [5, 5.41) is 4.44. The van der Waals surface area contributed by atoms with E-state index in [0.29, 0.717) is 0 Å². The molecule has 4 aromatic rings. The van der Waals surface area contributed by atoms with Crippen LogP contribution in [0.4, 0.5) is 0 Å². The smallest absolute Gasteiger partial charge is 0.159 e. The molecule has 0 saturated heterocycles. The highest BCUT2D eigenvalue weighted by molar-refractivity contribution is 5.55. The highest BCUT2D eigenvalue weighted by Crippen LogP contribution is 2.23. The van der Waals surface area contributed by atoms with E-state index >= 15 is 0 Å². The number of hydrogen-bond acceptors (Lipinski definition) is 4. The summed E-state index contributed by atoms with van der Waals surface area (Å²) < 4.78 is 1.93. The predicted molar refractivity (Wildman–Crippen MR) is 100 cm³/mol. The zero-order chi connectivity index (χ0) is 17.3. The summed E-state index contributed by atoms with van der Waals surface area (Å²) in [5.74, 6) is 0.820. The van der Waals surface area contributed by atoms with Crippen molar-refractivity contribution in [3.8, 4) is 11.4 Å². The van der Waals surface area contributed by atoms with E-state index in [4.69, 9.17) is 4.98 Å². The summed E-state index contributed by atoms with van der Waals surface area (Å²) in [6.07, 6.45) is 6.91. The standard InChI is InChI=1S/C21H19N5/c1-2-6-16(7-3-1)21-22-12-17-14-25(11-9-19(17)24-21)15-18-13-23-26-10-5-4-8-20(18)26/h1-8,10,12-13H,9,11,14-15H2. The van der Waals surface area contributed by atoms with Gasteiger partial charge in [-0.05, 0) is 12.1 Å². The Hall–Kier alpha value is -3.05. The van der Waals surface area contributed by atoms with Crippen LogP contribution in [0.1, 0.15) is 16.8 Å². The van der Waals surface area contributed by atoms with Gasteiger partial charge in [0.25, 0.3) is 0 Å². The lowest BCUT2D eigenvalue weighted by atomic mass is 10.1. The Morgan fingerprint density at radius 1 is 0.962 bits per heavy atom. The van der Waals surface area contributed by atoms with Crippen molar-refractivity contribution in [1.29, 1.82) is 0 Å². The molecule has 0 amide bonds. The fourth-order valence-electron chi connectivity index (χ4n) is 3.59. The molecule has 5 nitrogen and oxygen atoms in total. The van der Waals surface area contributed by atoms with Gasteiger partial charge in [0, 0.05) is 55.1 Å². The van der Waals surface area contributed by atoms with Gasteiger partial charge in [-0.25, -0.2) is 14.5 Å². The summed E-state index contributed by atoms with van der Waals surface area (Å²) in [6.45, 7) is 2.78. The molecule has 5 rings (SSSR count). The van der Waals surface area contributed by atoms with E-state index < -0.39 is 0 Å². The Bertz CT molecular complexity index is 1050. The van der Waals surface area contributed by atoms with Gasteiger partial charge in [-0.1, -0.05) is 36.4 Å². The zero-order valence-electron chi connectivity index (χ0n) is 14.4. The number of nitrogens with zero attached hydrogens (tertiary/aromatic N) is 5. The van der Waals surface area contributed by atoms with Crippen molar-refractivity contribution in [2.24, 2.45) is 0 Å². The third-order valence-corrected chi connectivity index (χ3v) is 4.95. The minimum Gasteiger partial charge on any atom is -0.294 e. The lowest BCUT2D eigenvalue weighted by molar-refractivity contribution is 0.244. The quantitative estimate of drug-likeness (QED) is 0.573. The molecule has 1 aliphatic heterocycles. The molecule has 26 heavy (non-hydrogen) atoms. The molecule has 0 fully saturated rings. The predicted octanol–water partition coefficient (Wildman–Crippen LogP) is 3.35. The Labute approximate surface area is 152 Å². The van der Waals surface area contributed by atoms with Crippen LogP contribution in [0.2, 0.25) is 0 Å². The average Bonchev–Trinajstić information content (AvgIpc) is 3.11. The highest BCUT2D eigenvalue weighted by atomic mass is 15.2. The van der Waals surface area contributed by atoms with Gasteiger partial charge in [0.1, 0.15) is 0 Å². The maximum absolute atomic E-state index is 4.81. The molecule has 0 spiro atoms. The first-order chi connectivity index (χ1) is 12.9. The second-order valence-electron chi connectivity index (χ2n) is 6.69. The monoisotopic (exact) mass is 341 g/mol. The largest absolute Gasteiger partial charge is 0.294 e. The maximum Gasteiger partial charge on any atom is 0.159 e. The number of rotatable bonds is 3. The molecule has 1 aromatic carbocycles. The molecule has 0 saturated carbocycles. The van der Waals surface area contributed by atoms with Crippen molar-refractivity contribution < 1.29 is 0 Å². The summed E-state index contributed by atoms with van der Waals surface area (Å²) in [7, 11) is 0. The third-order valence-electron chi connectivity index (χ3n) is 4.95. The SMILES string of the molecule is c1ccc(-c2ncc3c(n2)CCN(Cc2cnn4ccccc24)C3)cc1. The number of fused-ring (bicyclic) bond motifs is 2. The van der Waals surface area contributed by atoms with E-state index in [2.05, 4.69) is 39.2 Å². The van der Waals surface area contributed by atoms with Crippen LogP contribution >= 0.6 is 0 Å². The Morgan fingerprint density at radius 3 is 2.77 bits per heavy atom. The third kappa shape index (κ3) is 2.76. The van der Waals surface area contributed by atoms with Gasteiger partial charge in [-0.3, -0.25) is 4.90 Å². The second-order valence-corrected chi connectivity index (χ2v) is 6.69. The Balaban J connectivity index is 1.37. The maximum atomic E-state index is 4.81. The average molecular weight is 341 g/mol. The zero-order valence-corrected chi connectivity index (χ0v) is 14.4. The van der Waals surface area contributed by atoms with E-state index in [0.717, 1.165) is 37.4 Å². The highest BCUT2D eigenvalue weighted by Gasteiger charge is 2.20. The van der Waals surface area contributed by atoms with Gasteiger partial charge in [0.2, 0.25) is 0 Å². The van der Waals surface area contributed by atoms with E-state index in [9.17, 15) is 0 Å². The molecule has 128 valence electrons. The molecule has 0 N–H and O–H groups in total. The topological polar surface area (TPSA) is 46.3 Å². The fraction of sp³-hybridized carbons (Fsp3) is 0.190. The Kier molecular flexibility index (Phi) is 3.72. The van der Waals surface area contributed by atoms with E-state index in [1.54, 1.807) is 0 Å². The molecule has 3 aromatic heterocycles. The van der Waals surface area contributed by atoms with E-state index in [-0.39, 0.29) is 0 Å². The molecule has 0 aliphatic carbocycles. The summed E-state index contributed by atoms with van der Waals surface area (Å²) >= 11 is 0. The van der Waals surface area contributed by atoms with Crippen LogP contribution in [0.5, 0.6) is 0 Å². The van der Waals surface area contributed by atoms with Crippen LogP contribution in [0.25, 0.3) is 16.9 Å². The molecular weight excluding hydrogens is 322 g/mol. The van der Waals surface area contributed by atoms with Crippen LogP contribution < -0.4 is 0 Å². The first-order valence-electron chi connectivity index (χ1n) is 8.91. The molecule has 1 aliphatic rings. The van der Waals surface area contributed by atoms with Crippen molar-refractivity contribution in [3.05, 3.63) is 83.9 Å². The fourth-order valence-corrected chi connectivity index (χ4v) is 3.59. The van der Waals surface area contributed by atoms with Crippen molar-refractivity contribution in [1.82, 2.24) is 24.5 Å². The lowest BCUT2D eigenvalue weighted by Gasteiger charge is -2.27. The molecule has 0 unspecified atom stereocenters. The van der Waals surface area contributed by atoms with Gasteiger partial charge >= 0.3 is 0 Å². The minimum atomic E-state index is 0.820. The molecular formula is C21H19N5. The van der Waals surface area contributed by atoms with Crippen molar-refractivity contribution in [2.45, 2.75) is 19.5 Å². The van der Waals surface area contributed by atoms with Gasteiger partial charge in [0.05, 0.1) is 17.4 Å². The van der Waals surface area contributed by atoms with E-state index in [1.807, 2.05) is 47.4 Å². The summed E-state index contributed by atoms with van der Waals surface area (Å²) in [5.41, 5.74) is 5.91. The lowest BCUT2D eigenvalue weighted by Crippen LogP contribution is -2.30. The Morgan fingerprint density at radius 2 is 1.85 bits per heavy atom. The molecule has 0 atom stereocenters. The molecule has 0 radical (unpaired) electrons. The van der Waals surface area contributed by atoms with Crippen molar-refractivity contribution in [3.63, 3.8) is 0 Å². The molecule has 4 heterocycles. The van der Waals surface area contributed by atoms with Crippen molar-refractivity contribution >= 4 is 5.52 Å².